The molecule has 5 rings (SSSR count). The fourth-order valence-corrected chi connectivity index (χ4v) is 6.96. The van der Waals surface area contributed by atoms with E-state index in [1.807, 2.05) is 12.1 Å². The van der Waals surface area contributed by atoms with E-state index in [4.69, 9.17) is 0 Å². The first-order valence-electron chi connectivity index (χ1n) is 13.1. The number of hydrogen-bond donors (Lipinski definition) is 1. The van der Waals surface area contributed by atoms with Gasteiger partial charge in [0.2, 0.25) is 11.8 Å². The Morgan fingerprint density at radius 1 is 0.972 bits per heavy atom. The van der Waals surface area contributed by atoms with Gasteiger partial charge >= 0.3 is 0 Å². The Kier molecular flexibility index (Phi) is 7.49. The van der Waals surface area contributed by atoms with Crippen molar-refractivity contribution in [1.29, 1.82) is 0 Å². The second-order valence-corrected chi connectivity index (χ2v) is 11.8. The highest BCUT2D eigenvalue weighted by Gasteiger charge is 2.39. The molecule has 0 radical (unpaired) electrons. The van der Waals surface area contributed by atoms with Gasteiger partial charge in [0.25, 0.3) is 5.91 Å². The maximum Gasteiger partial charge on any atom is 0.255 e. The van der Waals surface area contributed by atoms with Gasteiger partial charge in [0.15, 0.2) is 0 Å². The highest BCUT2D eigenvalue weighted by molar-refractivity contribution is 7.98. The molecule has 2 aromatic carbocycles. The van der Waals surface area contributed by atoms with Crippen LogP contribution >= 0.6 is 11.8 Å². The molecule has 3 aliphatic heterocycles. The lowest BCUT2D eigenvalue weighted by Crippen LogP contribution is -2.52. The zero-order chi connectivity index (χ0) is 25.2. The normalized spacial score (nSPS) is 24.7. The van der Waals surface area contributed by atoms with Gasteiger partial charge in [-0.15, -0.1) is 11.8 Å². The summed E-state index contributed by atoms with van der Waals surface area (Å²) in [4.78, 5) is 42.2. The van der Waals surface area contributed by atoms with Gasteiger partial charge in [-0.2, -0.15) is 0 Å². The molecule has 0 aliphatic carbocycles. The highest BCUT2D eigenvalue weighted by atomic mass is 32.2. The molecule has 3 aliphatic rings. The second kappa shape index (κ2) is 10.8. The number of rotatable bonds is 7. The first-order valence-corrected chi connectivity index (χ1v) is 14.1. The quantitative estimate of drug-likeness (QED) is 0.450. The molecular weight excluding hydrogens is 470 g/mol. The molecule has 3 unspecified atom stereocenters. The number of thioether (sulfide) groups is 1. The van der Waals surface area contributed by atoms with Crippen molar-refractivity contribution < 1.29 is 14.4 Å². The third-order valence-corrected chi connectivity index (χ3v) is 8.79. The van der Waals surface area contributed by atoms with Gasteiger partial charge < -0.3 is 9.80 Å². The van der Waals surface area contributed by atoms with Crippen LogP contribution in [0.15, 0.2) is 47.4 Å². The molecule has 36 heavy (non-hydrogen) atoms. The third-order valence-electron chi connectivity index (χ3n) is 7.62. The molecule has 6 nitrogen and oxygen atoms in total. The fraction of sp³-hybridized carbons (Fsp3) is 0.483. The average Bonchev–Trinajstić information content (AvgIpc) is 3.18. The molecule has 3 amide bonds. The van der Waals surface area contributed by atoms with Crippen molar-refractivity contribution in [3.05, 3.63) is 64.7 Å². The molecule has 3 atom stereocenters. The van der Waals surface area contributed by atoms with Gasteiger partial charge in [0.05, 0.1) is 0 Å². The number of amides is 3. The van der Waals surface area contributed by atoms with Gasteiger partial charge in [-0.3, -0.25) is 19.7 Å². The van der Waals surface area contributed by atoms with Gasteiger partial charge in [0.1, 0.15) is 6.04 Å². The Morgan fingerprint density at radius 2 is 1.69 bits per heavy atom. The van der Waals surface area contributed by atoms with E-state index in [-0.39, 0.29) is 24.1 Å². The summed E-state index contributed by atoms with van der Waals surface area (Å²) in [7, 11) is 0. The standard InChI is InChI=1S/C29H35N3O3S/c1-19-14-20(2)16-31(15-19)13-12-21-6-8-22(9-7-21)18-36-26-5-3-4-23-24(26)17-32(29(23)35)25-10-11-27(33)30-28(25)34/h3-9,19-20,25H,10-18H2,1-2H3,(H,30,33,34). The predicted molar refractivity (Wildman–Crippen MR) is 142 cm³/mol. The summed E-state index contributed by atoms with van der Waals surface area (Å²) in [6, 6.07) is 14.2. The van der Waals surface area contributed by atoms with E-state index in [9.17, 15) is 14.4 Å². The number of nitrogens with zero attached hydrogens (tertiary/aromatic N) is 2. The lowest BCUT2D eigenvalue weighted by Gasteiger charge is -2.35. The highest BCUT2D eigenvalue weighted by Crippen LogP contribution is 2.35. The molecule has 2 saturated heterocycles. The molecule has 1 N–H and O–H groups in total. The number of nitrogens with one attached hydrogen (secondary N) is 1. The van der Waals surface area contributed by atoms with E-state index < -0.39 is 6.04 Å². The molecule has 3 heterocycles. The summed E-state index contributed by atoms with van der Waals surface area (Å²) in [6.45, 7) is 8.68. The van der Waals surface area contributed by atoms with Gasteiger partial charge in [-0.1, -0.05) is 44.2 Å². The Labute approximate surface area is 217 Å². The van der Waals surface area contributed by atoms with E-state index in [2.05, 4.69) is 54.4 Å². The molecule has 0 spiro atoms. The van der Waals surface area contributed by atoms with Crippen LogP contribution in [0, 0.1) is 11.8 Å². The smallest absolute Gasteiger partial charge is 0.255 e. The maximum atomic E-state index is 13.0. The van der Waals surface area contributed by atoms with Crippen molar-refractivity contribution in [1.82, 2.24) is 15.1 Å². The summed E-state index contributed by atoms with van der Waals surface area (Å²) in [6.07, 6.45) is 3.08. The maximum absolute atomic E-state index is 13.0. The van der Waals surface area contributed by atoms with E-state index in [0.717, 1.165) is 41.0 Å². The second-order valence-electron chi connectivity index (χ2n) is 10.7. The van der Waals surface area contributed by atoms with Crippen LogP contribution in [0.3, 0.4) is 0 Å². The fourth-order valence-electron chi connectivity index (χ4n) is 5.92. The third kappa shape index (κ3) is 5.52. The Hall–Kier alpha value is -2.64. The minimum absolute atomic E-state index is 0.121. The number of piperidine rings is 2. The van der Waals surface area contributed by atoms with Crippen LogP contribution in [-0.2, 0) is 28.3 Å². The number of benzene rings is 2. The minimum atomic E-state index is -0.579. The molecule has 0 aromatic heterocycles. The van der Waals surface area contributed by atoms with Crippen molar-refractivity contribution in [2.45, 2.75) is 62.8 Å². The summed E-state index contributed by atoms with van der Waals surface area (Å²) >= 11 is 1.73. The van der Waals surface area contributed by atoms with Crippen molar-refractivity contribution in [3.63, 3.8) is 0 Å². The topological polar surface area (TPSA) is 69.7 Å². The Morgan fingerprint density at radius 3 is 2.42 bits per heavy atom. The number of fused-ring (bicyclic) bond motifs is 1. The van der Waals surface area contributed by atoms with Crippen LogP contribution in [-0.4, -0.2) is 53.2 Å². The van der Waals surface area contributed by atoms with E-state index in [0.29, 0.717) is 18.5 Å². The zero-order valence-corrected chi connectivity index (χ0v) is 22.0. The molecule has 0 bridgehead atoms. The van der Waals surface area contributed by atoms with Crippen LogP contribution < -0.4 is 5.32 Å². The van der Waals surface area contributed by atoms with Crippen molar-refractivity contribution in [2.75, 3.05) is 19.6 Å². The number of hydrogen-bond acceptors (Lipinski definition) is 5. The number of carbonyl (C=O) groups excluding carboxylic acids is 3. The lowest BCUT2D eigenvalue weighted by atomic mass is 9.91. The Bertz CT molecular complexity index is 1140. The summed E-state index contributed by atoms with van der Waals surface area (Å²) in [5.74, 6) is 1.65. The summed E-state index contributed by atoms with van der Waals surface area (Å²) in [5.41, 5.74) is 4.29. The summed E-state index contributed by atoms with van der Waals surface area (Å²) in [5, 5.41) is 2.37. The lowest BCUT2D eigenvalue weighted by molar-refractivity contribution is -0.136. The van der Waals surface area contributed by atoms with Crippen molar-refractivity contribution >= 4 is 29.5 Å². The number of carbonyl (C=O) groups is 3. The first kappa shape index (κ1) is 25.0. The number of likely N-dealkylation sites (tertiary alicyclic amines) is 1. The largest absolute Gasteiger partial charge is 0.322 e. The zero-order valence-electron chi connectivity index (χ0n) is 21.2. The van der Waals surface area contributed by atoms with Crippen LogP contribution in [0.2, 0.25) is 0 Å². The van der Waals surface area contributed by atoms with E-state index in [1.54, 1.807) is 16.7 Å². The monoisotopic (exact) mass is 505 g/mol. The molecule has 7 heteroatoms. The minimum Gasteiger partial charge on any atom is -0.322 e. The molecule has 2 aromatic rings. The van der Waals surface area contributed by atoms with Crippen LogP contribution in [0.1, 0.15) is 60.2 Å². The van der Waals surface area contributed by atoms with E-state index >= 15 is 0 Å². The first-order chi connectivity index (χ1) is 17.4. The van der Waals surface area contributed by atoms with E-state index in [1.165, 1.54) is 30.6 Å². The summed E-state index contributed by atoms with van der Waals surface area (Å²) < 4.78 is 0. The van der Waals surface area contributed by atoms with Crippen LogP contribution in [0.4, 0.5) is 0 Å². The van der Waals surface area contributed by atoms with Crippen molar-refractivity contribution in [3.8, 4) is 0 Å². The molecule has 190 valence electrons. The van der Waals surface area contributed by atoms with Gasteiger partial charge in [-0.05, 0) is 59.9 Å². The van der Waals surface area contributed by atoms with Gasteiger partial charge in [-0.25, -0.2) is 0 Å². The molecule has 2 fully saturated rings. The average molecular weight is 506 g/mol. The molecule has 0 saturated carbocycles. The van der Waals surface area contributed by atoms with Crippen LogP contribution in [0.5, 0.6) is 0 Å². The predicted octanol–water partition coefficient (Wildman–Crippen LogP) is 4.26. The van der Waals surface area contributed by atoms with Crippen LogP contribution in [0.25, 0.3) is 0 Å². The SMILES string of the molecule is CC1CC(C)CN(CCc2ccc(CSc3cccc4c3CN(C3CCC(=O)NC3=O)C4=O)cc2)C1. The molecular formula is C29H35N3O3S. The van der Waals surface area contributed by atoms with Gasteiger partial charge in [0, 0.05) is 48.8 Å². The number of imide groups is 1. The van der Waals surface area contributed by atoms with Crippen molar-refractivity contribution in [2.24, 2.45) is 11.8 Å². The Balaban J connectivity index is 1.18.